The molecule has 0 atom stereocenters. The average molecular weight is 358 g/mol. The van der Waals surface area contributed by atoms with Gasteiger partial charge >= 0.3 is 11.7 Å². The number of rotatable bonds is 5. The molecule has 0 bridgehead atoms. The normalized spacial score (nSPS) is 11.9. The molecule has 0 fully saturated rings. The van der Waals surface area contributed by atoms with Gasteiger partial charge in [0.15, 0.2) is 5.82 Å². The van der Waals surface area contributed by atoms with Crippen LogP contribution in [0.2, 0.25) is 5.02 Å². The maximum Gasteiger partial charge on any atom is 0.350 e. The van der Waals surface area contributed by atoms with Gasteiger partial charge in [0.2, 0.25) is 0 Å². The molecule has 2 rings (SSSR count). The van der Waals surface area contributed by atoms with Gasteiger partial charge in [-0.25, -0.2) is 22.8 Å². The van der Waals surface area contributed by atoms with E-state index in [0.29, 0.717) is 23.6 Å². The third-order valence-electron chi connectivity index (χ3n) is 3.00. The van der Waals surface area contributed by atoms with E-state index in [1.54, 1.807) is 24.3 Å². The number of carbonyl (C=O) groups excluding carboxylic acids is 1. The van der Waals surface area contributed by atoms with Gasteiger partial charge in [-0.2, -0.15) is 0 Å². The molecule has 0 saturated heterocycles. The molecular formula is C15H14ClF2N3O3. The molecular weight excluding hydrogens is 344 g/mol. The lowest BCUT2D eigenvalue weighted by Gasteiger charge is -2.04. The first kappa shape index (κ1) is 17.9. The predicted octanol–water partition coefficient (Wildman–Crippen LogP) is 2.66. The number of allylic oxidation sites excluding steroid dienone is 1. The van der Waals surface area contributed by atoms with Crippen molar-refractivity contribution in [2.45, 2.75) is 19.4 Å². The van der Waals surface area contributed by atoms with Crippen LogP contribution in [0, 0.1) is 0 Å². The Labute approximate surface area is 140 Å². The number of aromatic nitrogens is 3. The van der Waals surface area contributed by atoms with Gasteiger partial charge in [0.25, 0.3) is 5.92 Å². The number of methoxy groups -OCH3 is 1. The molecule has 1 heterocycles. The van der Waals surface area contributed by atoms with E-state index in [1.807, 2.05) is 0 Å². The standard InChI is InChI=1S/C15H14ClF2N3O3/c1-15(17,18)7-8-20-13(10-3-5-11(16)6-4-10)19-21(14(20)23)9-12(22)24-2/h3-8H,9H2,1-2H3/b8-7+. The number of ether oxygens (including phenoxy) is 1. The van der Waals surface area contributed by atoms with Gasteiger partial charge in [-0.3, -0.25) is 4.79 Å². The lowest BCUT2D eigenvalue weighted by atomic mass is 10.2. The summed E-state index contributed by atoms with van der Waals surface area (Å²) < 4.78 is 32.4. The number of halogens is 3. The van der Waals surface area contributed by atoms with Crippen LogP contribution >= 0.6 is 11.6 Å². The fraction of sp³-hybridized carbons (Fsp3) is 0.267. The molecule has 6 nitrogen and oxygen atoms in total. The Bertz CT molecular complexity index is 820. The van der Waals surface area contributed by atoms with Crippen LogP contribution < -0.4 is 5.69 Å². The van der Waals surface area contributed by atoms with Crippen molar-refractivity contribution in [1.29, 1.82) is 0 Å². The van der Waals surface area contributed by atoms with Crippen molar-refractivity contribution in [2.75, 3.05) is 7.11 Å². The second-order valence-electron chi connectivity index (χ2n) is 4.99. The van der Waals surface area contributed by atoms with Crippen LogP contribution in [0.25, 0.3) is 17.6 Å². The zero-order chi connectivity index (χ0) is 17.9. The molecule has 0 radical (unpaired) electrons. The van der Waals surface area contributed by atoms with Crippen molar-refractivity contribution in [3.63, 3.8) is 0 Å². The van der Waals surface area contributed by atoms with Crippen molar-refractivity contribution in [2.24, 2.45) is 0 Å². The van der Waals surface area contributed by atoms with Crippen LogP contribution in [0.15, 0.2) is 35.1 Å². The first-order chi connectivity index (χ1) is 11.2. The summed E-state index contributed by atoms with van der Waals surface area (Å²) in [5, 5.41) is 4.50. The highest BCUT2D eigenvalue weighted by atomic mass is 35.5. The molecule has 2 aromatic rings. The highest BCUT2D eigenvalue weighted by molar-refractivity contribution is 6.30. The zero-order valence-electron chi connectivity index (χ0n) is 12.9. The Hall–Kier alpha value is -2.48. The molecule has 1 aromatic carbocycles. The Morgan fingerprint density at radius 1 is 1.38 bits per heavy atom. The quantitative estimate of drug-likeness (QED) is 0.772. The van der Waals surface area contributed by atoms with Crippen molar-refractivity contribution in [1.82, 2.24) is 14.3 Å². The Balaban J connectivity index is 2.56. The van der Waals surface area contributed by atoms with Gasteiger partial charge in [-0.05, 0) is 24.3 Å². The lowest BCUT2D eigenvalue weighted by molar-refractivity contribution is -0.141. The Morgan fingerprint density at radius 2 is 2.00 bits per heavy atom. The molecule has 0 aliphatic rings. The third-order valence-corrected chi connectivity index (χ3v) is 3.25. The van der Waals surface area contributed by atoms with E-state index >= 15 is 0 Å². The summed E-state index contributed by atoms with van der Waals surface area (Å²) in [4.78, 5) is 23.7. The Kier molecular flexibility index (Phi) is 5.18. The number of esters is 1. The SMILES string of the molecule is COC(=O)Cn1nc(-c2ccc(Cl)cc2)n(/C=C/C(C)(F)F)c1=O. The molecule has 24 heavy (non-hydrogen) atoms. The van der Waals surface area contributed by atoms with Crippen molar-refractivity contribution in [3.8, 4) is 11.4 Å². The summed E-state index contributed by atoms with van der Waals surface area (Å²) >= 11 is 5.82. The summed E-state index contributed by atoms with van der Waals surface area (Å²) in [6, 6.07) is 6.31. The van der Waals surface area contributed by atoms with Crippen LogP contribution in [-0.4, -0.2) is 33.3 Å². The second-order valence-corrected chi connectivity index (χ2v) is 5.43. The van der Waals surface area contributed by atoms with Gasteiger partial charge in [0.1, 0.15) is 6.54 Å². The minimum absolute atomic E-state index is 0.0982. The van der Waals surface area contributed by atoms with Crippen LogP contribution in [0.3, 0.4) is 0 Å². The van der Waals surface area contributed by atoms with Gasteiger partial charge in [-0.15, -0.1) is 5.10 Å². The number of hydrogen-bond donors (Lipinski definition) is 0. The van der Waals surface area contributed by atoms with E-state index in [4.69, 9.17) is 11.6 Å². The molecule has 0 aliphatic carbocycles. The molecule has 0 unspecified atom stereocenters. The molecule has 0 aliphatic heterocycles. The van der Waals surface area contributed by atoms with Crippen molar-refractivity contribution >= 4 is 23.8 Å². The predicted molar refractivity (Wildman–Crippen MR) is 84.9 cm³/mol. The number of benzene rings is 1. The largest absolute Gasteiger partial charge is 0.468 e. The average Bonchev–Trinajstić information content (AvgIpc) is 2.81. The summed E-state index contributed by atoms with van der Waals surface area (Å²) in [5.41, 5.74) is -0.268. The molecule has 0 N–H and O–H groups in total. The van der Waals surface area contributed by atoms with E-state index in [2.05, 4.69) is 9.84 Å². The summed E-state index contributed by atoms with van der Waals surface area (Å²) in [5.74, 6) is -3.70. The van der Waals surface area contributed by atoms with Crippen LogP contribution in [0.4, 0.5) is 8.78 Å². The first-order valence-electron chi connectivity index (χ1n) is 6.80. The third kappa shape index (κ3) is 4.29. The fourth-order valence-corrected chi connectivity index (χ4v) is 1.97. The van der Waals surface area contributed by atoms with E-state index < -0.39 is 24.1 Å². The number of alkyl halides is 2. The summed E-state index contributed by atoms with van der Waals surface area (Å²) in [6.45, 7) is 0.259. The number of nitrogens with zero attached hydrogens (tertiary/aromatic N) is 3. The van der Waals surface area contributed by atoms with Gasteiger partial charge in [0.05, 0.1) is 7.11 Å². The smallest absolute Gasteiger partial charge is 0.350 e. The fourth-order valence-electron chi connectivity index (χ4n) is 1.85. The summed E-state index contributed by atoms with van der Waals surface area (Å²) in [7, 11) is 1.17. The molecule has 9 heteroatoms. The van der Waals surface area contributed by atoms with E-state index in [0.717, 1.165) is 15.4 Å². The van der Waals surface area contributed by atoms with E-state index in [-0.39, 0.29) is 5.82 Å². The molecule has 0 spiro atoms. The maximum atomic E-state index is 13.1. The van der Waals surface area contributed by atoms with Crippen LogP contribution in [0.1, 0.15) is 6.92 Å². The number of hydrogen-bond acceptors (Lipinski definition) is 4. The monoisotopic (exact) mass is 357 g/mol. The van der Waals surface area contributed by atoms with E-state index in [1.165, 1.54) is 7.11 Å². The topological polar surface area (TPSA) is 66.1 Å². The number of carbonyl (C=O) groups is 1. The first-order valence-corrected chi connectivity index (χ1v) is 7.18. The van der Waals surface area contributed by atoms with Crippen molar-refractivity contribution < 1.29 is 18.3 Å². The summed E-state index contributed by atoms with van der Waals surface area (Å²) in [6.07, 6.45) is 1.49. The van der Waals surface area contributed by atoms with E-state index in [9.17, 15) is 18.4 Å². The molecule has 0 saturated carbocycles. The Morgan fingerprint density at radius 3 is 2.54 bits per heavy atom. The maximum absolute atomic E-state index is 13.1. The second kappa shape index (κ2) is 6.96. The van der Waals surface area contributed by atoms with Crippen LogP contribution in [-0.2, 0) is 16.1 Å². The minimum atomic E-state index is -3.11. The zero-order valence-corrected chi connectivity index (χ0v) is 13.6. The van der Waals surface area contributed by atoms with Crippen LogP contribution in [0.5, 0.6) is 0 Å². The van der Waals surface area contributed by atoms with Gasteiger partial charge in [0, 0.05) is 29.8 Å². The molecule has 128 valence electrons. The van der Waals surface area contributed by atoms with Gasteiger partial charge in [-0.1, -0.05) is 11.6 Å². The molecule has 0 amide bonds. The van der Waals surface area contributed by atoms with Gasteiger partial charge < -0.3 is 4.74 Å². The highest BCUT2D eigenvalue weighted by Gasteiger charge is 2.19. The minimum Gasteiger partial charge on any atom is -0.468 e. The van der Waals surface area contributed by atoms with Crippen molar-refractivity contribution in [3.05, 3.63) is 45.8 Å². The molecule has 1 aromatic heterocycles. The lowest BCUT2D eigenvalue weighted by Crippen LogP contribution is -2.26. The highest BCUT2D eigenvalue weighted by Crippen LogP contribution is 2.20.